The smallest absolute Gasteiger partial charge is 0.416 e. The fourth-order valence-electron chi connectivity index (χ4n) is 3.35. The lowest BCUT2D eigenvalue weighted by Gasteiger charge is -2.29. The van der Waals surface area contributed by atoms with Gasteiger partial charge in [-0.05, 0) is 18.6 Å². The lowest BCUT2D eigenvalue weighted by Crippen LogP contribution is -2.31. The van der Waals surface area contributed by atoms with Crippen LogP contribution in [0.15, 0.2) is 46.8 Å². The predicted octanol–water partition coefficient (Wildman–Crippen LogP) is 2.67. The molecular formula is C19H18F3NO5. The quantitative estimate of drug-likeness (QED) is 0.608. The molecule has 2 heterocycles. The van der Waals surface area contributed by atoms with Gasteiger partial charge < -0.3 is 19.5 Å². The Morgan fingerprint density at radius 3 is 2.68 bits per heavy atom. The summed E-state index contributed by atoms with van der Waals surface area (Å²) in [4.78, 5) is 25.0. The van der Waals surface area contributed by atoms with Crippen molar-refractivity contribution in [2.45, 2.75) is 19.0 Å². The van der Waals surface area contributed by atoms with Crippen LogP contribution in [-0.4, -0.2) is 38.9 Å². The number of benzene rings is 1. The van der Waals surface area contributed by atoms with Crippen molar-refractivity contribution in [1.82, 2.24) is 5.32 Å². The highest BCUT2D eigenvalue weighted by Gasteiger charge is 2.45. The van der Waals surface area contributed by atoms with Gasteiger partial charge in [0.1, 0.15) is 13.2 Å². The minimum Gasteiger partial charge on any atom is -0.460 e. The SMILES string of the molecule is COCCOC(=O)C1=C(C)NC2=C(C(=O)OC2)C1c1ccccc1C(F)(F)F. The third-order valence-electron chi connectivity index (χ3n) is 4.53. The number of carbonyl (C=O) groups is 2. The van der Waals surface area contributed by atoms with Gasteiger partial charge in [-0.2, -0.15) is 13.2 Å². The number of esters is 2. The van der Waals surface area contributed by atoms with Gasteiger partial charge in [0.05, 0.1) is 34.9 Å². The summed E-state index contributed by atoms with van der Waals surface area (Å²) in [6.45, 7) is 1.51. The van der Waals surface area contributed by atoms with E-state index in [1.807, 2.05) is 0 Å². The zero-order chi connectivity index (χ0) is 20.5. The van der Waals surface area contributed by atoms with Gasteiger partial charge in [0.15, 0.2) is 0 Å². The van der Waals surface area contributed by atoms with Crippen molar-refractivity contribution in [3.05, 3.63) is 57.9 Å². The van der Waals surface area contributed by atoms with E-state index in [0.717, 1.165) is 6.07 Å². The number of halogens is 3. The summed E-state index contributed by atoms with van der Waals surface area (Å²) in [7, 11) is 1.43. The van der Waals surface area contributed by atoms with Gasteiger partial charge in [-0.1, -0.05) is 18.2 Å². The lowest BCUT2D eigenvalue weighted by atomic mass is 9.79. The number of methoxy groups -OCH3 is 1. The number of alkyl halides is 3. The Labute approximate surface area is 158 Å². The molecule has 1 N–H and O–H groups in total. The van der Waals surface area contributed by atoms with Crippen molar-refractivity contribution in [3.8, 4) is 0 Å². The second kappa shape index (κ2) is 7.67. The molecule has 0 radical (unpaired) electrons. The van der Waals surface area contributed by atoms with Crippen molar-refractivity contribution in [2.24, 2.45) is 0 Å². The van der Waals surface area contributed by atoms with Gasteiger partial charge in [-0.25, -0.2) is 9.59 Å². The van der Waals surface area contributed by atoms with Gasteiger partial charge in [-0.15, -0.1) is 0 Å². The molecule has 0 saturated carbocycles. The highest BCUT2D eigenvalue weighted by atomic mass is 19.4. The van der Waals surface area contributed by atoms with E-state index in [1.54, 1.807) is 6.92 Å². The number of carbonyl (C=O) groups excluding carboxylic acids is 2. The molecule has 0 amide bonds. The number of dihydropyridines is 1. The zero-order valence-corrected chi connectivity index (χ0v) is 15.2. The summed E-state index contributed by atoms with van der Waals surface area (Å²) in [6, 6.07) is 4.85. The molecule has 6 nitrogen and oxygen atoms in total. The van der Waals surface area contributed by atoms with Crippen LogP contribution in [0.25, 0.3) is 0 Å². The van der Waals surface area contributed by atoms with E-state index in [-0.39, 0.29) is 36.5 Å². The Bertz CT molecular complexity index is 873. The fourth-order valence-corrected chi connectivity index (χ4v) is 3.35. The molecule has 1 atom stereocenters. The molecular weight excluding hydrogens is 379 g/mol. The molecule has 3 rings (SSSR count). The Balaban J connectivity index is 2.13. The summed E-state index contributed by atoms with van der Waals surface area (Å²) >= 11 is 0. The van der Waals surface area contributed by atoms with E-state index in [9.17, 15) is 22.8 Å². The van der Waals surface area contributed by atoms with Crippen molar-refractivity contribution >= 4 is 11.9 Å². The van der Waals surface area contributed by atoms with Crippen molar-refractivity contribution in [3.63, 3.8) is 0 Å². The number of cyclic esters (lactones) is 1. The molecule has 150 valence electrons. The van der Waals surface area contributed by atoms with Crippen LogP contribution >= 0.6 is 0 Å². The number of nitrogens with one attached hydrogen (secondary N) is 1. The molecule has 0 aromatic heterocycles. The largest absolute Gasteiger partial charge is 0.460 e. The molecule has 2 aliphatic rings. The van der Waals surface area contributed by atoms with Crippen LogP contribution in [0.3, 0.4) is 0 Å². The summed E-state index contributed by atoms with van der Waals surface area (Å²) < 4.78 is 55.8. The van der Waals surface area contributed by atoms with Crippen LogP contribution in [0.2, 0.25) is 0 Å². The normalized spacial score (nSPS) is 19.3. The van der Waals surface area contributed by atoms with Gasteiger partial charge in [0.25, 0.3) is 0 Å². The van der Waals surface area contributed by atoms with E-state index in [2.05, 4.69) is 5.32 Å². The Kier molecular flexibility index (Phi) is 5.46. The highest BCUT2D eigenvalue weighted by Crippen LogP contribution is 2.45. The van der Waals surface area contributed by atoms with Crippen molar-refractivity contribution in [1.29, 1.82) is 0 Å². The summed E-state index contributed by atoms with van der Waals surface area (Å²) in [5.41, 5.74) is -0.560. The lowest BCUT2D eigenvalue weighted by molar-refractivity contribution is -0.142. The Morgan fingerprint density at radius 1 is 1.29 bits per heavy atom. The topological polar surface area (TPSA) is 73.9 Å². The van der Waals surface area contributed by atoms with Gasteiger partial charge in [0.2, 0.25) is 0 Å². The first kappa shape index (κ1) is 19.9. The third kappa shape index (κ3) is 3.62. The average Bonchev–Trinajstić information content (AvgIpc) is 3.00. The second-order valence-corrected chi connectivity index (χ2v) is 6.28. The van der Waals surface area contributed by atoms with Gasteiger partial charge in [-0.3, -0.25) is 0 Å². The number of rotatable bonds is 5. The van der Waals surface area contributed by atoms with Crippen LogP contribution in [0.4, 0.5) is 13.2 Å². The first-order valence-electron chi connectivity index (χ1n) is 8.45. The first-order chi connectivity index (χ1) is 13.3. The van der Waals surface area contributed by atoms with E-state index in [0.29, 0.717) is 11.4 Å². The number of ether oxygens (including phenoxy) is 3. The third-order valence-corrected chi connectivity index (χ3v) is 4.53. The van der Waals surface area contributed by atoms with E-state index < -0.39 is 29.6 Å². The van der Waals surface area contributed by atoms with Crippen LogP contribution in [-0.2, 0) is 30.0 Å². The molecule has 0 bridgehead atoms. The monoisotopic (exact) mass is 397 g/mol. The van der Waals surface area contributed by atoms with Crippen molar-refractivity contribution < 1.29 is 37.0 Å². The minimum atomic E-state index is -4.66. The maximum absolute atomic E-state index is 13.6. The van der Waals surface area contributed by atoms with Crippen LogP contribution in [0.1, 0.15) is 24.0 Å². The van der Waals surface area contributed by atoms with Crippen LogP contribution in [0.5, 0.6) is 0 Å². The first-order valence-corrected chi connectivity index (χ1v) is 8.45. The summed E-state index contributed by atoms with van der Waals surface area (Å²) in [6.07, 6.45) is -4.66. The molecule has 28 heavy (non-hydrogen) atoms. The summed E-state index contributed by atoms with van der Waals surface area (Å²) in [5.74, 6) is -2.84. The van der Waals surface area contributed by atoms with Crippen LogP contribution < -0.4 is 5.32 Å². The number of hydrogen-bond acceptors (Lipinski definition) is 6. The average molecular weight is 397 g/mol. The van der Waals surface area contributed by atoms with E-state index in [4.69, 9.17) is 14.2 Å². The maximum atomic E-state index is 13.6. The molecule has 0 saturated heterocycles. The second-order valence-electron chi connectivity index (χ2n) is 6.28. The molecule has 9 heteroatoms. The minimum absolute atomic E-state index is 0.0130. The Hall–Kier alpha value is -2.81. The molecule has 0 spiro atoms. The molecule has 1 unspecified atom stereocenters. The van der Waals surface area contributed by atoms with Crippen LogP contribution in [0, 0.1) is 0 Å². The highest BCUT2D eigenvalue weighted by molar-refractivity contribution is 6.01. The number of hydrogen-bond donors (Lipinski definition) is 1. The fraction of sp³-hybridized carbons (Fsp3) is 0.368. The maximum Gasteiger partial charge on any atom is 0.416 e. The molecule has 0 aliphatic carbocycles. The van der Waals surface area contributed by atoms with Gasteiger partial charge in [0, 0.05) is 12.8 Å². The Morgan fingerprint density at radius 2 is 2.00 bits per heavy atom. The number of allylic oxidation sites excluding steroid dienone is 1. The van der Waals surface area contributed by atoms with Crippen molar-refractivity contribution in [2.75, 3.05) is 26.9 Å². The molecule has 1 aromatic rings. The van der Waals surface area contributed by atoms with E-state index >= 15 is 0 Å². The van der Waals surface area contributed by atoms with Gasteiger partial charge >= 0.3 is 18.1 Å². The molecule has 0 fully saturated rings. The molecule has 2 aliphatic heterocycles. The van der Waals surface area contributed by atoms with E-state index in [1.165, 1.54) is 25.3 Å². The summed E-state index contributed by atoms with van der Waals surface area (Å²) in [5, 5.41) is 2.89. The predicted molar refractivity (Wildman–Crippen MR) is 90.8 cm³/mol. The molecule has 1 aromatic carbocycles. The zero-order valence-electron chi connectivity index (χ0n) is 15.2. The standard InChI is InChI=1S/C19H18F3NO5/c1-10-14(17(24)27-8-7-26-2)15(16-13(23-10)9-28-18(16)25)11-5-3-4-6-12(11)19(20,21)22/h3-6,15,23H,7-9H2,1-2H3.